The molecule has 1 saturated heterocycles. The van der Waals surface area contributed by atoms with Crippen molar-refractivity contribution < 1.29 is 17.9 Å². The van der Waals surface area contributed by atoms with Crippen LogP contribution in [0.4, 0.5) is 0 Å². The third kappa shape index (κ3) is 7.75. The third-order valence-electron chi connectivity index (χ3n) is 3.45. The lowest BCUT2D eigenvalue weighted by Crippen LogP contribution is -2.43. The van der Waals surface area contributed by atoms with E-state index in [0.717, 1.165) is 12.8 Å². The van der Waals surface area contributed by atoms with Crippen LogP contribution < -0.4 is 10.6 Å². The quantitative estimate of drug-likeness (QED) is 0.561. The number of hydrogen-bond acceptors (Lipinski definition) is 5. The largest absolute Gasteiger partial charge is 0.381 e. The smallest absolute Gasteiger partial charge is 0.234 e. The molecule has 0 bridgehead atoms. The van der Waals surface area contributed by atoms with E-state index in [1.165, 1.54) is 10.6 Å². The first-order valence-corrected chi connectivity index (χ1v) is 9.31. The van der Waals surface area contributed by atoms with Crippen LogP contribution in [-0.4, -0.2) is 70.3 Å². The maximum absolute atomic E-state index is 11.7. The van der Waals surface area contributed by atoms with Gasteiger partial charge in [-0.05, 0) is 25.8 Å². The van der Waals surface area contributed by atoms with E-state index in [9.17, 15) is 13.2 Å². The first-order valence-electron chi connectivity index (χ1n) is 7.46. The van der Waals surface area contributed by atoms with Crippen molar-refractivity contribution in [3.8, 4) is 0 Å². The van der Waals surface area contributed by atoms with Crippen LogP contribution in [0.15, 0.2) is 0 Å². The fourth-order valence-corrected chi connectivity index (χ4v) is 3.19. The minimum atomic E-state index is -3.12. The molecule has 0 atom stereocenters. The number of amides is 1. The molecule has 0 unspecified atom stereocenters. The van der Waals surface area contributed by atoms with Crippen molar-refractivity contribution in [1.82, 2.24) is 14.9 Å². The SMILES string of the molecule is CCN(CCCNCC(=O)NC1CCOCC1)S(C)(=O)=O. The van der Waals surface area contributed by atoms with Crippen LogP contribution in [0, 0.1) is 0 Å². The van der Waals surface area contributed by atoms with E-state index in [1.54, 1.807) is 0 Å². The van der Waals surface area contributed by atoms with Gasteiger partial charge in [-0.15, -0.1) is 0 Å². The van der Waals surface area contributed by atoms with Gasteiger partial charge in [0.2, 0.25) is 15.9 Å². The normalized spacial score (nSPS) is 17.1. The second-order valence-corrected chi connectivity index (χ2v) is 7.22. The van der Waals surface area contributed by atoms with E-state index in [-0.39, 0.29) is 18.5 Å². The molecule has 0 radical (unpaired) electrons. The number of nitrogens with one attached hydrogen (secondary N) is 2. The molecule has 8 heteroatoms. The summed E-state index contributed by atoms with van der Waals surface area (Å²) in [5, 5.41) is 6.01. The number of sulfonamides is 1. The molecule has 0 aliphatic carbocycles. The topological polar surface area (TPSA) is 87.7 Å². The molecule has 1 amide bonds. The van der Waals surface area contributed by atoms with E-state index in [2.05, 4.69) is 10.6 Å². The first kappa shape index (κ1) is 18.3. The van der Waals surface area contributed by atoms with Gasteiger partial charge in [-0.3, -0.25) is 4.79 Å². The highest BCUT2D eigenvalue weighted by Gasteiger charge is 2.16. The average molecular weight is 321 g/mol. The lowest BCUT2D eigenvalue weighted by atomic mass is 10.1. The second kappa shape index (κ2) is 9.34. The zero-order valence-electron chi connectivity index (χ0n) is 12.9. The highest BCUT2D eigenvalue weighted by molar-refractivity contribution is 7.88. The maximum Gasteiger partial charge on any atom is 0.234 e. The number of rotatable bonds is 9. The molecule has 0 spiro atoms. The molecule has 1 aliphatic rings. The summed E-state index contributed by atoms with van der Waals surface area (Å²) < 4.78 is 29.4. The van der Waals surface area contributed by atoms with E-state index < -0.39 is 10.0 Å². The molecule has 1 fully saturated rings. The molecule has 21 heavy (non-hydrogen) atoms. The van der Waals surface area contributed by atoms with Gasteiger partial charge in [-0.1, -0.05) is 6.92 Å². The van der Waals surface area contributed by atoms with E-state index in [0.29, 0.717) is 39.3 Å². The van der Waals surface area contributed by atoms with E-state index >= 15 is 0 Å². The van der Waals surface area contributed by atoms with Gasteiger partial charge in [-0.2, -0.15) is 0 Å². The van der Waals surface area contributed by atoms with Crippen molar-refractivity contribution in [2.24, 2.45) is 0 Å². The number of carbonyl (C=O) groups is 1. The standard InChI is InChI=1S/C13H27N3O4S/c1-3-16(21(2,18)19)8-4-7-14-11-13(17)15-12-5-9-20-10-6-12/h12,14H,3-11H2,1-2H3,(H,15,17). The molecular formula is C13H27N3O4S. The molecule has 7 nitrogen and oxygen atoms in total. The molecule has 1 heterocycles. The predicted octanol–water partition coefficient (Wildman–Crippen LogP) is -0.457. The summed E-state index contributed by atoms with van der Waals surface area (Å²) in [6.45, 7) is 5.06. The predicted molar refractivity (Wildman–Crippen MR) is 81.6 cm³/mol. The van der Waals surface area contributed by atoms with Gasteiger partial charge in [0.05, 0.1) is 12.8 Å². The fraction of sp³-hybridized carbons (Fsp3) is 0.923. The Morgan fingerprint density at radius 2 is 2.00 bits per heavy atom. The van der Waals surface area contributed by atoms with Crippen molar-refractivity contribution in [3.05, 3.63) is 0 Å². The molecule has 1 aliphatic heterocycles. The molecule has 0 aromatic rings. The summed E-state index contributed by atoms with van der Waals surface area (Å²) in [6, 6.07) is 0.217. The van der Waals surface area contributed by atoms with Crippen LogP contribution in [-0.2, 0) is 19.6 Å². The van der Waals surface area contributed by atoms with Gasteiger partial charge in [0.15, 0.2) is 0 Å². The van der Waals surface area contributed by atoms with Crippen molar-refractivity contribution in [2.75, 3.05) is 45.6 Å². The van der Waals surface area contributed by atoms with Gasteiger partial charge >= 0.3 is 0 Å². The molecule has 0 aromatic heterocycles. The summed E-state index contributed by atoms with van der Waals surface area (Å²) in [5.41, 5.74) is 0. The Morgan fingerprint density at radius 1 is 1.33 bits per heavy atom. The van der Waals surface area contributed by atoms with Gasteiger partial charge in [0.1, 0.15) is 0 Å². The molecule has 0 aromatic carbocycles. The van der Waals surface area contributed by atoms with Crippen molar-refractivity contribution >= 4 is 15.9 Å². The van der Waals surface area contributed by atoms with Crippen LogP contribution in [0.25, 0.3) is 0 Å². The van der Waals surface area contributed by atoms with Crippen LogP contribution in [0.5, 0.6) is 0 Å². The summed E-state index contributed by atoms with van der Waals surface area (Å²) >= 11 is 0. The van der Waals surface area contributed by atoms with E-state index in [1.807, 2.05) is 6.92 Å². The summed E-state index contributed by atoms with van der Waals surface area (Å²) in [5.74, 6) is -0.0163. The first-order chi connectivity index (χ1) is 9.93. The van der Waals surface area contributed by atoms with Crippen molar-refractivity contribution in [1.29, 1.82) is 0 Å². The molecule has 1 rings (SSSR count). The highest BCUT2D eigenvalue weighted by atomic mass is 32.2. The van der Waals surface area contributed by atoms with E-state index in [4.69, 9.17) is 4.74 Å². The average Bonchev–Trinajstić information content (AvgIpc) is 2.42. The lowest BCUT2D eigenvalue weighted by molar-refractivity contribution is -0.121. The van der Waals surface area contributed by atoms with Crippen molar-refractivity contribution in [2.45, 2.75) is 32.2 Å². The Hall–Kier alpha value is -0.700. The van der Waals surface area contributed by atoms with Crippen LogP contribution in [0.2, 0.25) is 0 Å². The van der Waals surface area contributed by atoms with Crippen LogP contribution in [0.1, 0.15) is 26.2 Å². The summed E-state index contributed by atoms with van der Waals surface area (Å²) in [4.78, 5) is 11.7. The Kier molecular flexibility index (Phi) is 8.16. The molecular weight excluding hydrogens is 294 g/mol. The lowest BCUT2D eigenvalue weighted by Gasteiger charge is -2.23. The third-order valence-corrected chi connectivity index (χ3v) is 4.83. The van der Waals surface area contributed by atoms with Crippen LogP contribution in [0.3, 0.4) is 0 Å². The van der Waals surface area contributed by atoms with Gasteiger partial charge < -0.3 is 15.4 Å². The van der Waals surface area contributed by atoms with Gasteiger partial charge in [0, 0.05) is 32.3 Å². The molecule has 0 saturated carbocycles. The zero-order valence-corrected chi connectivity index (χ0v) is 13.7. The number of ether oxygens (including phenoxy) is 1. The van der Waals surface area contributed by atoms with Gasteiger partial charge in [-0.25, -0.2) is 12.7 Å². The zero-order chi connectivity index (χ0) is 15.7. The Balaban J connectivity index is 2.09. The number of nitrogens with zero attached hydrogens (tertiary/aromatic N) is 1. The fourth-order valence-electron chi connectivity index (χ4n) is 2.26. The monoisotopic (exact) mass is 321 g/mol. The van der Waals surface area contributed by atoms with Crippen LogP contribution >= 0.6 is 0 Å². The Morgan fingerprint density at radius 3 is 2.57 bits per heavy atom. The van der Waals surface area contributed by atoms with Gasteiger partial charge in [0.25, 0.3) is 0 Å². The Labute approximate surface area is 127 Å². The molecule has 124 valence electrons. The maximum atomic E-state index is 11.7. The summed E-state index contributed by atoms with van der Waals surface area (Å²) in [6.07, 6.45) is 3.63. The minimum Gasteiger partial charge on any atom is -0.381 e. The number of hydrogen-bond donors (Lipinski definition) is 2. The highest BCUT2D eigenvalue weighted by Crippen LogP contribution is 2.05. The summed E-state index contributed by atoms with van der Waals surface area (Å²) in [7, 11) is -3.12. The Bertz CT molecular complexity index is 408. The second-order valence-electron chi connectivity index (χ2n) is 5.24. The minimum absolute atomic E-state index is 0.0163. The molecule has 2 N–H and O–H groups in total. The van der Waals surface area contributed by atoms with Crippen molar-refractivity contribution in [3.63, 3.8) is 0 Å². The number of carbonyl (C=O) groups excluding carboxylic acids is 1.